The average molecular weight is 277 g/mol. The van der Waals surface area contributed by atoms with Crippen molar-refractivity contribution in [1.29, 1.82) is 0 Å². The van der Waals surface area contributed by atoms with Crippen LogP contribution in [0.25, 0.3) is 17.3 Å². The number of aromatic amines is 1. The predicted octanol–water partition coefficient (Wildman–Crippen LogP) is 2.80. The molecule has 0 fully saturated rings. The van der Waals surface area contributed by atoms with E-state index < -0.39 is 0 Å². The summed E-state index contributed by atoms with van der Waals surface area (Å²) in [6, 6.07) is 8.17. The second-order valence-electron chi connectivity index (χ2n) is 3.66. The summed E-state index contributed by atoms with van der Waals surface area (Å²) in [7, 11) is 0. The molecule has 0 atom stereocenters. The van der Waals surface area contributed by atoms with Gasteiger partial charge in [0.15, 0.2) is 0 Å². The van der Waals surface area contributed by atoms with Gasteiger partial charge in [0.05, 0.1) is 0 Å². The molecule has 18 heavy (non-hydrogen) atoms. The van der Waals surface area contributed by atoms with E-state index in [0.717, 1.165) is 21.2 Å². The number of nitrogens with zero attached hydrogens (tertiary/aromatic N) is 1. The van der Waals surface area contributed by atoms with Crippen molar-refractivity contribution in [3.05, 3.63) is 48.4 Å². The van der Waals surface area contributed by atoms with Crippen molar-refractivity contribution in [2.75, 3.05) is 6.61 Å². The maximum atomic E-state index is 5.38. The molecule has 0 aliphatic carbocycles. The van der Waals surface area contributed by atoms with Crippen molar-refractivity contribution in [2.24, 2.45) is 0 Å². The van der Waals surface area contributed by atoms with Gasteiger partial charge in [-0.2, -0.15) is 0 Å². The quantitative estimate of drug-likeness (QED) is 0.912. The van der Waals surface area contributed by atoms with Crippen molar-refractivity contribution >= 4 is 10.5 Å². The normalized spacial score (nSPS) is 10.9. The summed E-state index contributed by atoms with van der Waals surface area (Å²) in [5.41, 5.74) is 3.27. The van der Waals surface area contributed by atoms with E-state index in [9.17, 15) is 0 Å². The van der Waals surface area contributed by atoms with E-state index in [1.54, 1.807) is 6.33 Å². The van der Waals surface area contributed by atoms with Gasteiger partial charge in [-0.3, -0.25) is 0 Å². The SMILES string of the molecule is CCO[C](=[V])/C=C/c1ccccc1-c1cnc[nH]1. The molecule has 0 bridgehead atoms. The Morgan fingerprint density at radius 1 is 1.44 bits per heavy atom. The van der Waals surface area contributed by atoms with Crippen molar-refractivity contribution in [3.8, 4) is 11.3 Å². The number of hydrogen-bond acceptors (Lipinski definition) is 2. The summed E-state index contributed by atoms with van der Waals surface area (Å²) in [5.74, 6) is 0. The van der Waals surface area contributed by atoms with Gasteiger partial charge in [0.1, 0.15) is 0 Å². The average Bonchev–Trinajstić information content (AvgIpc) is 2.91. The third-order valence-corrected chi connectivity index (χ3v) is 2.88. The number of ether oxygens (including phenoxy) is 1. The molecule has 91 valence electrons. The van der Waals surface area contributed by atoms with E-state index in [-0.39, 0.29) is 0 Å². The molecule has 1 N–H and O–H groups in total. The van der Waals surface area contributed by atoms with Crippen LogP contribution in [-0.2, 0) is 21.7 Å². The minimum atomic E-state index is 0.677. The molecule has 2 aromatic rings. The van der Waals surface area contributed by atoms with Gasteiger partial charge in [0.25, 0.3) is 0 Å². The molecule has 0 saturated carbocycles. The van der Waals surface area contributed by atoms with E-state index in [1.165, 1.54) is 0 Å². The van der Waals surface area contributed by atoms with Crippen molar-refractivity contribution < 1.29 is 21.7 Å². The first-order valence-corrected chi connectivity index (χ1v) is 6.45. The molecule has 0 spiro atoms. The Hall–Kier alpha value is -1.42. The first kappa shape index (κ1) is 13.0. The van der Waals surface area contributed by atoms with Gasteiger partial charge in [-0.25, -0.2) is 0 Å². The van der Waals surface area contributed by atoms with Gasteiger partial charge in [-0.1, -0.05) is 0 Å². The maximum absolute atomic E-state index is 5.38. The molecule has 4 heteroatoms. The van der Waals surface area contributed by atoms with Crippen molar-refractivity contribution in [3.63, 3.8) is 0 Å². The fourth-order valence-corrected chi connectivity index (χ4v) is 1.97. The second kappa shape index (κ2) is 6.50. The molecule has 0 amide bonds. The summed E-state index contributed by atoms with van der Waals surface area (Å²) in [6.07, 6.45) is 7.50. The molecule has 0 radical (unpaired) electrons. The number of hydrogen-bond donors (Lipinski definition) is 1. The van der Waals surface area contributed by atoms with Gasteiger partial charge < -0.3 is 0 Å². The number of aromatic nitrogens is 2. The molecule has 3 nitrogen and oxygen atoms in total. The summed E-state index contributed by atoms with van der Waals surface area (Å²) in [4.78, 5) is 7.17. The van der Waals surface area contributed by atoms with Crippen LogP contribution in [0.5, 0.6) is 0 Å². The molecule has 1 aromatic carbocycles. The zero-order chi connectivity index (χ0) is 12.8. The number of nitrogens with one attached hydrogen (secondary N) is 1. The first-order valence-electron chi connectivity index (χ1n) is 5.76. The van der Waals surface area contributed by atoms with Crippen molar-refractivity contribution in [2.45, 2.75) is 6.92 Å². The molecule has 1 aromatic heterocycles. The Morgan fingerprint density at radius 2 is 2.28 bits per heavy atom. The topological polar surface area (TPSA) is 37.9 Å². The Morgan fingerprint density at radius 3 is 3.00 bits per heavy atom. The summed E-state index contributed by atoms with van der Waals surface area (Å²) < 4.78 is 6.23. The number of benzene rings is 1. The van der Waals surface area contributed by atoms with Crippen molar-refractivity contribution in [1.82, 2.24) is 9.97 Å². The van der Waals surface area contributed by atoms with Crippen LogP contribution in [-0.4, -0.2) is 21.0 Å². The van der Waals surface area contributed by atoms with Gasteiger partial charge in [-0.05, 0) is 0 Å². The summed E-state index contributed by atoms with van der Waals surface area (Å²) in [5, 5.41) is 0. The number of rotatable bonds is 5. The Kier molecular flexibility index (Phi) is 4.70. The third kappa shape index (κ3) is 3.29. The van der Waals surface area contributed by atoms with Crippen LogP contribution in [0.2, 0.25) is 0 Å². The number of H-pyrrole nitrogens is 1. The zero-order valence-corrected chi connectivity index (χ0v) is 11.5. The number of imidazole rings is 1. The zero-order valence-electron chi connectivity index (χ0n) is 10.1. The molecule has 2 rings (SSSR count). The fraction of sp³-hybridized carbons (Fsp3) is 0.143. The summed E-state index contributed by atoms with van der Waals surface area (Å²) in [6.45, 7) is 2.65. The molecule has 0 aliphatic heterocycles. The van der Waals surface area contributed by atoms with E-state index in [0.29, 0.717) is 6.61 Å². The monoisotopic (exact) mass is 277 g/mol. The fourth-order valence-electron chi connectivity index (χ4n) is 1.65. The van der Waals surface area contributed by atoms with Crippen LogP contribution in [0.4, 0.5) is 0 Å². The minimum absolute atomic E-state index is 0.677. The van der Waals surface area contributed by atoms with Gasteiger partial charge in [0.2, 0.25) is 0 Å². The second-order valence-corrected chi connectivity index (χ2v) is 4.35. The Balaban J connectivity index is 2.26. The standard InChI is InChI=1S/C14H14N2O.V/c1-2-17-9-5-7-12-6-3-4-8-13(12)14-10-15-11-16-14;/h3-8,10-11H,2H2,1H3,(H,15,16);/b7-5+;. The van der Waals surface area contributed by atoms with Gasteiger partial charge in [-0.15, -0.1) is 0 Å². The molecule has 1 heterocycles. The van der Waals surface area contributed by atoms with Gasteiger partial charge >= 0.3 is 115 Å². The first-order chi connectivity index (χ1) is 8.81. The van der Waals surface area contributed by atoms with Crippen LogP contribution in [0.1, 0.15) is 12.5 Å². The van der Waals surface area contributed by atoms with E-state index >= 15 is 0 Å². The molecular weight excluding hydrogens is 263 g/mol. The molecule has 0 aliphatic rings. The van der Waals surface area contributed by atoms with Crippen LogP contribution in [0.15, 0.2) is 42.9 Å². The van der Waals surface area contributed by atoms with Gasteiger partial charge in [0, 0.05) is 0 Å². The Bertz CT molecular complexity index is 547. The van der Waals surface area contributed by atoms with Crippen LogP contribution in [0.3, 0.4) is 0 Å². The molecule has 0 saturated heterocycles. The van der Waals surface area contributed by atoms with E-state index in [2.05, 4.69) is 39.1 Å². The van der Waals surface area contributed by atoms with E-state index in [1.807, 2.05) is 37.4 Å². The summed E-state index contributed by atoms with van der Waals surface area (Å²) >= 11 is 2.42. The van der Waals surface area contributed by atoms with Crippen LogP contribution < -0.4 is 0 Å². The third-order valence-electron chi connectivity index (χ3n) is 2.45. The van der Waals surface area contributed by atoms with E-state index in [4.69, 9.17) is 4.74 Å². The Labute approximate surface area is 115 Å². The molecule has 0 unspecified atom stereocenters. The predicted molar refractivity (Wildman–Crippen MR) is 69.7 cm³/mol. The van der Waals surface area contributed by atoms with Crippen LogP contribution in [0, 0.1) is 0 Å². The molecular formula is C14H14N2OV. The van der Waals surface area contributed by atoms with Crippen LogP contribution >= 0.6 is 0 Å².